The van der Waals surface area contributed by atoms with E-state index in [0.717, 1.165) is 18.6 Å². The number of amides is 1. The molecule has 2 atom stereocenters. The van der Waals surface area contributed by atoms with Gasteiger partial charge in [0.1, 0.15) is 5.76 Å². The molecule has 1 fully saturated rings. The molecule has 1 amide bonds. The Labute approximate surface area is 171 Å². The molecule has 8 nitrogen and oxygen atoms in total. The molecule has 1 N–H and O–H groups in total. The lowest BCUT2D eigenvalue weighted by Crippen LogP contribution is -2.46. The van der Waals surface area contributed by atoms with Crippen LogP contribution in [0.2, 0.25) is 0 Å². The summed E-state index contributed by atoms with van der Waals surface area (Å²) in [6.07, 6.45) is 7.15. The lowest BCUT2D eigenvalue weighted by atomic mass is 9.91. The topological polar surface area (TPSA) is 75.5 Å². The standard InChI is InChI=1S/C21H28N6O2/c1-15-9-10-16(19-14-26(24-29-19)21(2,3)4)13-25(15)20(28)17-7-5-6-8-18(17)27-22-11-12-23-27/h5-8,11-12,14-16,24H,9-10,13H2,1-4H3/t15-,16-/m1/s1. The quantitative estimate of drug-likeness (QED) is 0.860. The number of nitrogens with one attached hydrogen (secondary N) is 1. The maximum Gasteiger partial charge on any atom is 0.256 e. The average molecular weight is 396 g/mol. The summed E-state index contributed by atoms with van der Waals surface area (Å²) in [6.45, 7) is 9.06. The first-order valence-corrected chi connectivity index (χ1v) is 10.0. The van der Waals surface area contributed by atoms with Crippen LogP contribution in [-0.4, -0.2) is 48.9 Å². The van der Waals surface area contributed by atoms with E-state index in [-0.39, 0.29) is 23.4 Å². The van der Waals surface area contributed by atoms with Crippen molar-refractivity contribution in [2.24, 2.45) is 5.92 Å². The molecule has 4 rings (SSSR count). The van der Waals surface area contributed by atoms with E-state index in [4.69, 9.17) is 4.84 Å². The van der Waals surface area contributed by atoms with Crippen LogP contribution < -0.4 is 5.59 Å². The number of carbonyl (C=O) groups is 1. The van der Waals surface area contributed by atoms with Crippen LogP contribution in [0.4, 0.5) is 0 Å². The number of rotatable bonds is 3. The highest BCUT2D eigenvalue weighted by atomic mass is 16.7. The smallest absolute Gasteiger partial charge is 0.256 e. The van der Waals surface area contributed by atoms with Gasteiger partial charge in [-0.05, 0) is 52.7 Å². The predicted octanol–water partition coefficient (Wildman–Crippen LogP) is 2.90. The highest BCUT2D eigenvalue weighted by molar-refractivity contribution is 5.98. The second-order valence-electron chi connectivity index (χ2n) is 8.68. The Morgan fingerprint density at radius 3 is 2.59 bits per heavy atom. The van der Waals surface area contributed by atoms with Crippen molar-refractivity contribution in [3.8, 4) is 5.69 Å². The van der Waals surface area contributed by atoms with E-state index in [2.05, 4.69) is 43.5 Å². The molecular weight excluding hydrogens is 368 g/mol. The number of likely N-dealkylation sites (tertiary alicyclic amines) is 1. The van der Waals surface area contributed by atoms with E-state index in [1.807, 2.05) is 40.4 Å². The number of aromatic nitrogens is 3. The summed E-state index contributed by atoms with van der Waals surface area (Å²) in [6, 6.07) is 7.63. The fourth-order valence-electron chi connectivity index (χ4n) is 3.75. The van der Waals surface area contributed by atoms with E-state index in [0.29, 0.717) is 17.8 Å². The largest absolute Gasteiger partial charge is 0.391 e. The molecule has 29 heavy (non-hydrogen) atoms. The van der Waals surface area contributed by atoms with Crippen molar-refractivity contribution in [2.45, 2.75) is 52.1 Å². The van der Waals surface area contributed by atoms with Gasteiger partial charge in [0.2, 0.25) is 0 Å². The molecule has 0 bridgehead atoms. The summed E-state index contributed by atoms with van der Waals surface area (Å²) in [5.74, 6) is 1.03. The maximum atomic E-state index is 13.5. The molecule has 3 heterocycles. The third-order valence-corrected chi connectivity index (χ3v) is 5.55. The van der Waals surface area contributed by atoms with Gasteiger partial charge in [0.05, 0.1) is 35.4 Å². The van der Waals surface area contributed by atoms with Gasteiger partial charge in [-0.1, -0.05) is 17.7 Å². The Hall–Kier alpha value is -2.87. The zero-order valence-corrected chi connectivity index (χ0v) is 17.4. The molecule has 0 unspecified atom stereocenters. The fourth-order valence-corrected chi connectivity index (χ4v) is 3.75. The van der Waals surface area contributed by atoms with Crippen molar-refractivity contribution in [3.63, 3.8) is 0 Å². The zero-order valence-electron chi connectivity index (χ0n) is 17.4. The maximum absolute atomic E-state index is 13.5. The third kappa shape index (κ3) is 3.85. The predicted molar refractivity (Wildman–Crippen MR) is 108 cm³/mol. The molecular formula is C21H28N6O2. The molecule has 154 valence electrons. The molecule has 0 saturated carbocycles. The summed E-state index contributed by atoms with van der Waals surface area (Å²) in [5.41, 5.74) is 4.18. The number of piperidine rings is 1. The summed E-state index contributed by atoms with van der Waals surface area (Å²) in [5, 5.41) is 10.4. The molecule has 2 aromatic rings. The van der Waals surface area contributed by atoms with Crippen LogP contribution in [0.25, 0.3) is 5.69 Å². The number of hydrogen-bond donors (Lipinski definition) is 1. The number of hydrazine groups is 1. The monoisotopic (exact) mass is 396 g/mol. The normalized spacial score (nSPS) is 22.4. The Balaban J connectivity index is 1.57. The van der Waals surface area contributed by atoms with E-state index in [1.165, 1.54) is 4.80 Å². The molecule has 0 spiro atoms. The van der Waals surface area contributed by atoms with E-state index in [1.54, 1.807) is 12.4 Å². The second kappa shape index (κ2) is 7.51. The van der Waals surface area contributed by atoms with Crippen LogP contribution in [-0.2, 0) is 4.84 Å². The molecule has 1 aromatic heterocycles. The number of hydrogen-bond acceptors (Lipinski definition) is 6. The zero-order chi connectivity index (χ0) is 20.6. The highest BCUT2D eigenvalue weighted by Gasteiger charge is 2.36. The van der Waals surface area contributed by atoms with Crippen LogP contribution in [0.1, 0.15) is 50.9 Å². The van der Waals surface area contributed by atoms with Crippen molar-refractivity contribution in [2.75, 3.05) is 6.54 Å². The van der Waals surface area contributed by atoms with Gasteiger partial charge in [-0.15, -0.1) is 0 Å². The number of benzene rings is 1. The molecule has 8 heteroatoms. The third-order valence-electron chi connectivity index (χ3n) is 5.55. The van der Waals surface area contributed by atoms with E-state index >= 15 is 0 Å². The van der Waals surface area contributed by atoms with Gasteiger partial charge < -0.3 is 9.74 Å². The first kappa shape index (κ1) is 19.4. The van der Waals surface area contributed by atoms with Crippen LogP contribution in [0.5, 0.6) is 0 Å². The van der Waals surface area contributed by atoms with Crippen LogP contribution in [0, 0.1) is 5.92 Å². The van der Waals surface area contributed by atoms with Crippen molar-refractivity contribution in [3.05, 3.63) is 54.2 Å². The van der Waals surface area contributed by atoms with Gasteiger partial charge in [-0.3, -0.25) is 9.80 Å². The van der Waals surface area contributed by atoms with Crippen LogP contribution in [0.3, 0.4) is 0 Å². The summed E-state index contributed by atoms with van der Waals surface area (Å²) in [4.78, 5) is 22.7. The number of nitrogens with zero attached hydrogens (tertiary/aromatic N) is 5. The Morgan fingerprint density at radius 2 is 1.90 bits per heavy atom. The van der Waals surface area contributed by atoms with Crippen molar-refractivity contribution < 1.29 is 9.63 Å². The summed E-state index contributed by atoms with van der Waals surface area (Å²) in [7, 11) is 0. The van der Waals surface area contributed by atoms with Gasteiger partial charge in [-0.25, -0.2) is 0 Å². The Kier molecular flexibility index (Phi) is 5.04. The van der Waals surface area contributed by atoms with Gasteiger partial charge in [0.25, 0.3) is 5.91 Å². The van der Waals surface area contributed by atoms with Gasteiger partial charge >= 0.3 is 0 Å². The van der Waals surface area contributed by atoms with Crippen molar-refractivity contribution >= 4 is 5.91 Å². The summed E-state index contributed by atoms with van der Waals surface area (Å²) >= 11 is 0. The first-order chi connectivity index (χ1) is 13.8. The van der Waals surface area contributed by atoms with Crippen molar-refractivity contribution in [1.29, 1.82) is 0 Å². The average Bonchev–Trinajstić information content (AvgIpc) is 3.40. The highest BCUT2D eigenvalue weighted by Crippen LogP contribution is 2.32. The van der Waals surface area contributed by atoms with Crippen molar-refractivity contribution in [1.82, 2.24) is 30.5 Å². The Bertz CT molecular complexity index is 902. The lowest BCUT2D eigenvalue weighted by Gasteiger charge is -2.38. The minimum Gasteiger partial charge on any atom is -0.391 e. The molecule has 2 aliphatic heterocycles. The molecule has 1 aromatic carbocycles. The van der Waals surface area contributed by atoms with Crippen LogP contribution >= 0.6 is 0 Å². The number of carbonyl (C=O) groups excluding carboxylic acids is 1. The van der Waals surface area contributed by atoms with Gasteiger partial charge in [0, 0.05) is 18.5 Å². The van der Waals surface area contributed by atoms with Crippen LogP contribution in [0.15, 0.2) is 48.6 Å². The summed E-state index contributed by atoms with van der Waals surface area (Å²) < 4.78 is 0. The fraction of sp³-hybridized carbons (Fsp3) is 0.476. The molecule has 1 saturated heterocycles. The van der Waals surface area contributed by atoms with E-state index in [9.17, 15) is 4.79 Å². The second-order valence-corrected chi connectivity index (χ2v) is 8.68. The van der Waals surface area contributed by atoms with E-state index < -0.39 is 0 Å². The minimum absolute atomic E-state index is 0.00525. The van der Waals surface area contributed by atoms with Gasteiger partial charge in [0.15, 0.2) is 0 Å². The SMILES string of the molecule is C[C@@H]1CC[C@@H](C2=CN(C(C)(C)C)NO2)CN1C(=O)c1ccccc1-n1nccn1. The first-order valence-electron chi connectivity index (χ1n) is 10.0. The minimum atomic E-state index is -0.0884. The van der Waals surface area contributed by atoms with Gasteiger partial charge in [-0.2, -0.15) is 15.0 Å². The molecule has 2 aliphatic rings. The number of para-hydroxylation sites is 1. The Morgan fingerprint density at radius 1 is 1.17 bits per heavy atom. The molecule has 0 aliphatic carbocycles. The lowest BCUT2D eigenvalue weighted by molar-refractivity contribution is -0.0343. The molecule has 0 radical (unpaired) electrons.